The van der Waals surface area contributed by atoms with Gasteiger partial charge in [0.1, 0.15) is 23.9 Å². The lowest BCUT2D eigenvalue weighted by atomic mass is 10.1. The van der Waals surface area contributed by atoms with Crippen molar-refractivity contribution in [2.75, 3.05) is 33.4 Å². The van der Waals surface area contributed by atoms with Crippen LogP contribution in [0.25, 0.3) is 20.5 Å². The Morgan fingerprint density at radius 3 is 2.29 bits per heavy atom. The SMILES string of the molecule is COc1ccc2c(Oc3ccc(SOCCN4CCCC4)cc3)c(-c3ccc(OCc4ccccc4)cc3)sc2c1. The second-order valence-corrected chi connectivity index (χ2v) is 11.9. The van der Waals surface area contributed by atoms with Gasteiger partial charge in [0.15, 0.2) is 5.75 Å². The van der Waals surface area contributed by atoms with E-state index in [4.69, 9.17) is 18.4 Å². The first-order chi connectivity index (χ1) is 20.2. The molecule has 0 N–H and O–H groups in total. The van der Waals surface area contributed by atoms with Crippen LogP contribution in [-0.4, -0.2) is 38.3 Å². The van der Waals surface area contributed by atoms with Crippen LogP contribution in [0.1, 0.15) is 18.4 Å². The Morgan fingerprint density at radius 2 is 1.54 bits per heavy atom. The summed E-state index contributed by atoms with van der Waals surface area (Å²) < 4.78 is 25.0. The first-order valence-electron chi connectivity index (χ1n) is 13.9. The first kappa shape index (κ1) is 27.7. The van der Waals surface area contributed by atoms with E-state index in [2.05, 4.69) is 41.3 Å². The molecule has 0 saturated carbocycles. The topological polar surface area (TPSA) is 40.2 Å². The number of thiophene rings is 1. The molecule has 7 heteroatoms. The van der Waals surface area contributed by atoms with Crippen molar-refractivity contribution in [1.29, 1.82) is 0 Å². The van der Waals surface area contributed by atoms with E-state index in [1.54, 1.807) is 18.4 Å². The highest BCUT2D eigenvalue weighted by Crippen LogP contribution is 2.47. The highest BCUT2D eigenvalue weighted by Gasteiger charge is 2.18. The number of hydrogen-bond donors (Lipinski definition) is 0. The Labute approximate surface area is 249 Å². The molecule has 0 amide bonds. The highest BCUT2D eigenvalue weighted by molar-refractivity contribution is 7.94. The van der Waals surface area contributed by atoms with Gasteiger partial charge in [-0.1, -0.05) is 30.3 Å². The van der Waals surface area contributed by atoms with E-state index >= 15 is 0 Å². The van der Waals surface area contributed by atoms with Crippen LogP contribution in [0.15, 0.2) is 102 Å². The molecule has 41 heavy (non-hydrogen) atoms. The third-order valence-corrected chi connectivity index (χ3v) is 9.04. The van der Waals surface area contributed by atoms with E-state index in [9.17, 15) is 0 Å². The van der Waals surface area contributed by atoms with Gasteiger partial charge in [-0.15, -0.1) is 11.3 Å². The van der Waals surface area contributed by atoms with Gasteiger partial charge in [-0.25, -0.2) is 0 Å². The maximum Gasteiger partial charge on any atom is 0.153 e. The maximum absolute atomic E-state index is 6.56. The van der Waals surface area contributed by atoms with Crippen molar-refractivity contribution in [3.63, 3.8) is 0 Å². The quantitative estimate of drug-likeness (QED) is 0.108. The summed E-state index contributed by atoms with van der Waals surface area (Å²) in [6.07, 6.45) is 2.61. The molecular weight excluding hydrogens is 551 g/mol. The van der Waals surface area contributed by atoms with Gasteiger partial charge >= 0.3 is 0 Å². The van der Waals surface area contributed by atoms with Gasteiger partial charge in [-0.2, -0.15) is 0 Å². The van der Waals surface area contributed by atoms with Crippen LogP contribution in [0.2, 0.25) is 0 Å². The minimum atomic E-state index is 0.537. The fourth-order valence-electron chi connectivity index (χ4n) is 4.88. The van der Waals surface area contributed by atoms with Gasteiger partial charge in [0.05, 0.1) is 18.6 Å². The number of rotatable bonds is 12. The minimum Gasteiger partial charge on any atom is -0.497 e. The maximum atomic E-state index is 6.56. The van der Waals surface area contributed by atoms with E-state index in [-0.39, 0.29) is 0 Å². The Kier molecular flexibility index (Phi) is 9.08. The van der Waals surface area contributed by atoms with Crippen molar-refractivity contribution >= 4 is 33.5 Å². The van der Waals surface area contributed by atoms with E-state index in [1.807, 2.05) is 60.7 Å². The van der Waals surface area contributed by atoms with Crippen LogP contribution in [-0.2, 0) is 10.8 Å². The highest BCUT2D eigenvalue weighted by atomic mass is 32.2. The average Bonchev–Trinajstić information content (AvgIpc) is 3.68. The Balaban J connectivity index is 1.17. The van der Waals surface area contributed by atoms with Crippen molar-refractivity contribution < 1.29 is 18.4 Å². The van der Waals surface area contributed by atoms with Crippen LogP contribution < -0.4 is 14.2 Å². The van der Waals surface area contributed by atoms with Crippen LogP contribution in [0, 0.1) is 0 Å². The van der Waals surface area contributed by atoms with Gasteiger partial charge in [0.25, 0.3) is 0 Å². The zero-order chi connectivity index (χ0) is 27.9. The van der Waals surface area contributed by atoms with E-state index < -0.39 is 0 Å². The van der Waals surface area contributed by atoms with E-state index in [1.165, 1.54) is 38.0 Å². The molecule has 5 aromatic rings. The standard InChI is InChI=1S/C34H33NO4S2/c1-36-29-15-18-31-32(23-29)40-34(26-9-11-27(12-10-26)37-24-25-7-3-2-4-8-25)33(31)39-28-13-16-30(17-14-28)41-38-22-21-35-19-5-6-20-35/h2-4,7-18,23H,5-6,19-22,24H2,1H3. The zero-order valence-electron chi connectivity index (χ0n) is 23.1. The summed E-state index contributed by atoms with van der Waals surface area (Å²) in [5.74, 6) is 3.28. The van der Waals surface area contributed by atoms with Crippen molar-refractivity contribution in [3.8, 4) is 33.4 Å². The molecule has 6 rings (SSSR count). The number of likely N-dealkylation sites (tertiary alicyclic amines) is 1. The number of nitrogens with zero attached hydrogens (tertiary/aromatic N) is 1. The Bertz CT molecular complexity index is 1550. The summed E-state index contributed by atoms with van der Waals surface area (Å²) in [4.78, 5) is 4.58. The van der Waals surface area contributed by atoms with Crippen molar-refractivity contribution in [3.05, 3.63) is 103 Å². The number of hydrogen-bond acceptors (Lipinski definition) is 7. The second-order valence-electron chi connectivity index (χ2n) is 9.95. The lowest BCUT2D eigenvalue weighted by Gasteiger charge is -2.13. The molecule has 1 aromatic heterocycles. The third kappa shape index (κ3) is 7.05. The number of methoxy groups -OCH3 is 1. The molecule has 1 saturated heterocycles. The summed E-state index contributed by atoms with van der Waals surface area (Å²) in [5.41, 5.74) is 2.22. The number of benzene rings is 4. The molecule has 0 spiro atoms. The summed E-state index contributed by atoms with van der Waals surface area (Å²) in [5, 5.41) is 1.05. The third-order valence-electron chi connectivity index (χ3n) is 7.10. The van der Waals surface area contributed by atoms with Crippen LogP contribution in [0.3, 0.4) is 0 Å². The molecular formula is C34H33NO4S2. The summed E-state index contributed by atoms with van der Waals surface area (Å²) >= 11 is 3.12. The zero-order valence-corrected chi connectivity index (χ0v) is 24.7. The monoisotopic (exact) mass is 583 g/mol. The van der Waals surface area contributed by atoms with Crippen molar-refractivity contribution in [1.82, 2.24) is 4.90 Å². The Hall–Kier alpha value is -3.49. The van der Waals surface area contributed by atoms with Gasteiger partial charge in [0, 0.05) is 33.6 Å². The van der Waals surface area contributed by atoms with Crippen molar-refractivity contribution in [2.24, 2.45) is 0 Å². The molecule has 5 nitrogen and oxygen atoms in total. The normalized spacial score (nSPS) is 13.5. The molecule has 0 unspecified atom stereocenters. The molecule has 0 radical (unpaired) electrons. The molecule has 1 aliphatic heterocycles. The smallest absolute Gasteiger partial charge is 0.153 e. The molecule has 4 aromatic carbocycles. The van der Waals surface area contributed by atoms with Gasteiger partial charge in [-0.05, 0) is 104 Å². The summed E-state index contributed by atoms with van der Waals surface area (Å²) in [7, 11) is 1.69. The molecule has 0 bridgehead atoms. The van der Waals surface area contributed by atoms with Gasteiger partial charge in [-0.3, -0.25) is 0 Å². The van der Waals surface area contributed by atoms with Gasteiger partial charge in [0.2, 0.25) is 0 Å². The predicted octanol–water partition coefficient (Wildman–Crippen LogP) is 9.07. The average molecular weight is 584 g/mol. The van der Waals surface area contributed by atoms with Crippen LogP contribution in [0.4, 0.5) is 0 Å². The fraction of sp³-hybridized carbons (Fsp3) is 0.235. The Morgan fingerprint density at radius 1 is 0.805 bits per heavy atom. The lowest BCUT2D eigenvalue weighted by Crippen LogP contribution is -2.23. The molecule has 1 fully saturated rings. The largest absolute Gasteiger partial charge is 0.497 e. The molecule has 210 valence electrons. The minimum absolute atomic E-state index is 0.537. The first-order valence-corrected chi connectivity index (χ1v) is 15.5. The number of ether oxygens (including phenoxy) is 3. The fourth-order valence-corrected chi connectivity index (χ4v) is 6.58. The molecule has 0 aliphatic carbocycles. The van der Waals surface area contributed by atoms with Crippen molar-refractivity contribution in [2.45, 2.75) is 24.3 Å². The molecule has 1 aliphatic rings. The van der Waals surface area contributed by atoms with Crippen LogP contribution >= 0.6 is 23.4 Å². The lowest BCUT2D eigenvalue weighted by molar-refractivity contribution is 0.261. The predicted molar refractivity (Wildman–Crippen MR) is 169 cm³/mol. The number of fused-ring (bicyclic) bond motifs is 1. The van der Waals surface area contributed by atoms with E-state index in [0.29, 0.717) is 6.61 Å². The molecule has 0 atom stereocenters. The van der Waals surface area contributed by atoms with Crippen LogP contribution in [0.5, 0.6) is 23.0 Å². The second kappa shape index (κ2) is 13.4. The van der Waals surface area contributed by atoms with E-state index in [0.717, 1.165) is 67.1 Å². The summed E-state index contributed by atoms with van der Waals surface area (Å²) in [6, 6.07) is 32.6. The molecule has 2 heterocycles. The summed E-state index contributed by atoms with van der Waals surface area (Å²) in [6.45, 7) is 4.64. The van der Waals surface area contributed by atoms with Gasteiger partial charge < -0.3 is 23.3 Å².